The summed E-state index contributed by atoms with van der Waals surface area (Å²) in [5.41, 5.74) is 2.58. The van der Waals surface area contributed by atoms with Crippen molar-refractivity contribution >= 4 is 34.5 Å². The highest BCUT2D eigenvalue weighted by atomic mass is 16.6. The number of hydrogen-bond donors (Lipinski definition) is 2. The zero-order valence-corrected chi connectivity index (χ0v) is 15.4. The zero-order valence-electron chi connectivity index (χ0n) is 15.4. The fraction of sp³-hybridized carbons (Fsp3) is 0.0455. The van der Waals surface area contributed by atoms with E-state index < -0.39 is 0 Å². The average Bonchev–Trinajstić information content (AvgIpc) is 2.71. The van der Waals surface area contributed by atoms with E-state index in [1.165, 1.54) is 12.3 Å². The minimum absolute atomic E-state index is 0.126. The van der Waals surface area contributed by atoms with E-state index >= 15 is 0 Å². The predicted octanol–water partition coefficient (Wildman–Crippen LogP) is 4.31. The summed E-state index contributed by atoms with van der Waals surface area (Å²) >= 11 is 0. The Balaban J connectivity index is 2.32. The van der Waals surface area contributed by atoms with Gasteiger partial charge < -0.3 is 15.1 Å². The highest BCUT2D eigenvalue weighted by Gasteiger charge is 2.19. The van der Waals surface area contributed by atoms with Crippen LogP contribution in [0.4, 0.5) is 5.69 Å². The number of aromatic nitrogens is 1. The van der Waals surface area contributed by atoms with Crippen LogP contribution < -0.4 is 10.9 Å². The van der Waals surface area contributed by atoms with Gasteiger partial charge in [0.05, 0.1) is 5.56 Å². The minimum atomic E-state index is -0.342. The second-order valence-electron chi connectivity index (χ2n) is 5.90. The maximum Gasteiger partial charge on any atom is 0.260 e. The second-order valence-corrected chi connectivity index (χ2v) is 5.90. The van der Waals surface area contributed by atoms with Gasteiger partial charge in [-0.1, -0.05) is 48.6 Å². The molecule has 140 valence electrons. The third-order valence-electron chi connectivity index (χ3n) is 4.08. The van der Waals surface area contributed by atoms with E-state index in [4.69, 9.17) is 4.84 Å². The predicted molar refractivity (Wildman–Crippen MR) is 113 cm³/mol. The van der Waals surface area contributed by atoms with Crippen LogP contribution in [0.2, 0.25) is 0 Å². The molecule has 6 nitrogen and oxygen atoms in total. The molecule has 0 unspecified atom stereocenters. The molecule has 3 rings (SSSR count). The summed E-state index contributed by atoms with van der Waals surface area (Å²) < 4.78 is 0. The van der Waals surface area contributed by atoms with Crippen molar-refractivity contribution in [1.82, 2.24) is 4.98 Å². The third-order valence-corrected chi connectivity index (χ3v) is 4.08. The second kappa shape index (κ2) is 8.18. The average molecular weight is 373 g/mol. The molecule has 0 saturated heterocycles. The summed E-state index contributed by atoms with van der Waals surface area (Å²) in [4.78, 5) is 32.6. The van der Waals surface area contributed by atoms with Crippen LogP contribution in [0.1, 0.15) is 12.5 Å². The fourth-order valence-corrected chi connectivity index (χ4v) is 2.90. The van der Waals surface area contributed by atoms with Crippen molar-refractivity contribution in [3.8, 4) is 11.1 Å². The monoisotopic (exact) mass is 373 g/mol. The van der Waals surface area contributed by atoms with Crippen molar-refractivity contribution in [3.05, 3.63) is 83.7 Å². The molecule has 3 aromatic rings. The molecule has 0 fully saturated rings. The van der Waals surface area contributed by atoms with Gasteiger partial charge >= 0.3 is 0 Å². The minimum Gasteiger partial charge on any atom is -0.357 e. The molecule has 0 bridgehead atoms. The van der Waals surface area contributed by atoms with Crippen LogP contribution in [0.3, 0.4) is 0 Å². The van der Waals surface area contributed by atoms with Gasteiger partial charge in [0.15, 0.2) is 5.76 Å². The number of aromatic amines is 1. The van der Waals surface area contributed by atoms with Crippen molar-refractivity contribution < 1.29 is 9.63 Å². The first-order valence-corrected chi connectivity index (χ1v) is 8.58. The number of H-pyrrole nitrogens is 1. The number of nitrogens with one attached hydrogen (secondary N) is 2. The van der Waals surface area contributed by atoms with Gasteiger partial charge in [-0.3, -0.25) is 9.59 Å². The molecule has 0 atom stereocenters. The van der Waals surface area contributed by atoms with Crippen LogP contribution in [0.25, 0.3) is 27.8 Å². The van der Waals surface area contributed by atoms with Crippen LogP contribution in [0.5, 0.6) is 0 Å². The van der Waals surface area contributed by atoms with E-state index in [0.29, 0.717) is 16.8 Å². The van der Waals surface area contributed by atoms with Gasteiger partial charge in [-0.25, -0.2) is 0 Å². The number of anilines is 1. The number of hydrogen-bond acceptors (Lipinski definition) is 4. The number of pyridine rings is 1. The zero-order chi connectivity index (χ0) is 20.1. The van der Waals surface area contributed by atoms with Crippen molar-refractivity contribution in [2.75, 3.05) is 5.32 Å². The van der Waals surface area contributed by atoms with Crippen molar-refractivity contribution in [3.63, 3.8) is 0 Å². The van der Waals surface area contributed by atoms with Gasteiger partial charge in [-0.05, 0) is 36.8 Å². The number of carbonyl (C=O) groups is 1. The highest BCUT2D eigenvalue weighted by molar-refractivity contribution is 6.04. The lowest BCUT2D eigenvalue weighted by molar-refractivity contribution is -0.111. The first-order chi connectivity index (χ1) is 13.5. The molecule has 1 amide bonds. The molecular weight excluding hydrogens is 354 g/mol. The normalized spacial score (nSPS) is 10.8. The maximum absolute atomic E-state index is 12.8. The molecule has 0 aliphatic rings. The lowest BCUT2D eigenvalue weighted by Crippen LogP contribution is -2.15. The van der Waals surface area contributed by atoms with Crippen molar-refractivity contribution in [2.45, 2.75) is 6.92 Å². The van der Waals surface area contributed by atoms with Crippen molar-refractivity contribution in [1.29, 1.82) is 0 Å². The molecule has 0 spiro atoms. The lowest BCUT2D eigenvalue weighted by Gasteiger charge is -2.14. The Morgan fingerprint density at radius 2 is 1.96 bits per heavy atom. The number of benzene rings is 2. The molecule has 6 heteroatoms. The molecule has 0 radical (unpaired) electrons. The van der Waals surface area contributed by atoms with E-state index in [9.17, 15) is 9.59 Å². The summed E-state index contributed by atoms with van der Waals surface area (Å²) in [7, 11) is 0. The van der Waals surface area contributed by atoms with Gasteiger partial charge in [-0.2, -0.15) is 0 Å². The number of rotatable bonds is 6. The summed E-state index contributed by atoms with van der Waals surface area (Å²) in [6.07, 6.45) is 2.66. The van der Waals surface area contributed by atoms with Gasteiger partial charge in [0, 0.05) is 28.4 Å². The van der Waals surface area contributed by atoms with E-state index in [0.717, 1.165) is 10.9 Å². The maximum atomic E-state index is 12.8. The summed E-state index contributed by atoms with van der Waals surface area (Å²) in [6.45, 7) is 9.02. The SMILES string of the molecule is C=CC(=O)Nc1ccc2[nH]c(=O)c(C(=C)O/N=C/C)c(-c3ccccc3)c2c1. The summed E-state index contributed by atoms with van der Waals surface area (Å²) in [5, 5.41) is 7.19. The standard InChI is InChI=1S/C22H19N3O3/c1-4-19(26)24-16-11-12-18-17(13-16)21(15-9-7-6-8-10-15)20(22(27)25-18)14(3)28-23-5-2/h4-13H,1,3H2,2H3,(H,24,26)(H,25,27)/b23-5+. The molecule has 1 aromatic heterocycles. The molecule has 28 heavy (non-hydrogen) atoms. The van der Waals surface area contributed by atoms with Crippen molar-refractivity contribution in [2.24, 2.45) is 5.16 Å². The summed E-state index contributed by atoms with van der Waals surface area (Å²) in [5.74, 6) is -0.198. The molecule has 2 aromatic carbocycles. The van der Waals surface area contributed by atoms with Gasteiger partial charge in [-0.15, -0.1) is 0 Å². The van der Waals surface area contributed by atoms with Crippen LogP contribution in [0.15, 0.2) is 77.7 Å². The molecule has 2 N–H and O–H groups in total. The van der Waals surface area contributed by atoms with E-state index in [1.807, 2.05) is 30.3 Å². The van der Waals surface area contributed by atoms with E-state index in [1.54, 1.807) is 25.1 Å². The number of nitrogens with zero attached hydrogens (tertiary/aromatic N) is 1. The first-order valence-electron chi connectivity index (χ1n) is 8.58. The van der Waals surface area contributed by atoms with Gasteiger partial charge in [0.1, 0.15) is 0 Å². The molecule has 0 aliphatic heterocycles. The fourth-order valence-electron chi connectivity index (χ4n) is 2.90. The largest absolute Gasteiger partial charge is 0.357 e. The Morgan fingerprint density at radius 3 is 2.64 bits per heavy atom. The van der Waals surface area contributed by atoms with E-state index in [2.05, 4.69) is 28.6 Å². The Bertz CT molecular complexity index is 1140. The molecule has 1 heterocycles. The Morgan fingerprint density at radius 1 is 1.21 bits per heavy atom. The van der Waals surface area contributed by atoms with Crippen LogP contribution in [-0.2, 0) is 9.63 Å². The number of carbonyl (C=O) groups excluding carboxylic acids is 1. The molecule has 0 saturated carbocycles. The first kappa shape index (κ1) is 18.8. The topological polar surface area (TPSA) is 83.5 Å². The Labute approximate surface area is 161 Å². The smallest absolute Gasteiger partial charge is 0.260 e. The lowest BCUT2D eigenvalue weighted by atomic mass is 9.95. The van der Waals surface area contributed by atoms with Gasteiger partial charge in [0.2, 0.25) is 5.91 Å². The summed E-state index contributed by atoms with van der Waals surface area (Å²) in [6, 6.07) is 14.7. The quantitative estimate of drug-likeness (QED) is 0.292. The van der Waals surface area contributed by atoms with Crippen LogP contribution in [-0.4, -0.2) is 17.1 Å². The van der Waals surface area contributed by atoms with Crippen LogP contribution in [0, 0.1) is 0 Å². The number of amides is 1. The molecule has 0 aliphatic carbocycles. The van der Waals surface area contributed by atoms with Gasteiger partial charge in [0.25, 0.3) is 5.56 Å². The van der Waals surface area contributed by atoms with E-state index in [-0.39, 0.29) is 22.8 Å². The molecular formula is C22H19N3O3. The Hall–Kier alpha value is -3.93. The third kappa shape index (κ3) is 3.76. The number of fused-ring (bicyclic) bond motifs is 1. The number of oxime groups is 1. The van der Waals surface area contributed by atoms with Crippen LogP contribution >= 0.6 is 0 Å². The highest BCUT2D eigenvalue weighted by Crippen LogP contribution is 2.34. The Kier molecular flexibility index (Phi) is 5.50.